The van der Waals surface area contributed by atoms with Crippen LogP contribution in [0.5, 0.6) is 0 Å². The van der Waals surface area contributed by atoms with E-state index in [0.717, 1.165) is 0 Å². The lowest BCUT2D eigenvalue weighted by Gasteiger charge is -2.13. The molecule has 0 heterocycles. The van der Waals surface area contributed by atoms with Crippen LogP contribution in [0.25, 0.3) is 0 Å². The third-order valence-corrected chi connectivity index (χ3v) is 1.10. The molecule has 2 N–H and O–H groups in total. The highest BCUT2D eigenvalue weighted by atomic mass is 19.3. The van der Waals surface area contributed by atoms with Gasteiger partial charge in [-0.1, -0.05) is 0 Å². The van der Waals surface area contributed by atoms with Gasteiger partial charge >= 0.3 is 0 Å². The molecule has 0 fully saturated rings. The second-order valence-corrected chi connectivity index (χ2v) is 2.18. The summed E-state index contributed by atoms with van der Waals surface area (Å²) in [4.78, 5) is 0. The van der Waals surface area contributed by atoms with Crippen LogP contribution in [0.1, 0.15) is 0 Å². The summed E-state index contributed by atoms with van der Waals surface area (Å²) < 4.78 is 29.1. The predicted octanol–water partition coefficient (Wildman–Crippen LogP) is -0.150. The van der Waals surface area contributed by atoms with E-state index in [0.29, 0.717) is 13.2 Å². The Morgan fingerprint density at radius 1 is 1.55 bits per heavy atom. The van der Waals surface area contributed by atoms with Gasteiger partial charge < -0.3 is 15.2 Å². The third kappa shape index (κ3) is 6.15. The maximum atomic E-state index is 12.2. The van der Waals surface area contributed by atoms with Crippen molar-refractivity contribution in [3.63, 3.8) is 0 Å². The minimum atomic E-state index is -3.02. The molecule has 0 unspecified atom stereocenters. The lowest BCUT2D eigenvalue weighted by Crippen LogP contribution is -2.37. The molecular formula is C6H13F2NO2. The summed E-state index contributed by atoms with van der Waals surface area (Å²) in [6.07, 6.45) is 0. The van der Waals surface area contributed by atoms with Gasteiger partial charge in [-0.15, -0.1) is 0 Å². The number of aliphatic hydroxyl groups is 1. The van der Waals surface area contributed by atoms with Crippen molar-refractivity contribution in [2.75, 3.05) is 33.4 Å². The molecule has 0 bridgehead atoms. The molecule has 5 heteroatoms. The molecule has 0 aliphatic carbocycles. The summed E-state index contributed by atoms with van der Waals surface area (Å²) in [6.45, 7) is -0.868. The molecule has 0 aromatic rings. The topological polar surface area (TPSA) is 41.5 Å². The molecule has 0 aromatic carbocycles. The highest BCUT2D eigenvalue weighted by molar-refractivity contribution is 4.66. The molecule has 0 aromatic heterocycles. The number of nitrogens with one attached hydrogen (secondary N) is 1. The maximum Gasteiger partial charge on any atom is 0.282 e. The van der Waals surface area contributed by atoms with Gasteiger partial charge in [0.2, 0.25) is 0 Å². The van der Waals surface area contributed by atoms with E-state index in [-0.39, 0.29) is 0 Å². The molecule has 0 spiro atoms. The Kier molecular flexibility index (Phi) is 5.27. The number of methoxy groups -OCH3 is 1. The number of hydrogen-bond donors (Lipinski definition) is 2. The molecule has 68 valence electrons. The lowest BCUT2D eigenvalue weighted by molar-refractivity contribution is -0.0480. The van der Waals surface area contributed by atoms with Crippen molar-refractivity contribution in [2.45, 2.75) is 5.92 Å². The first-order valence-corrected chi connectivity index (χ1v) is 3.31. The molecule has 11 heavy (non-hydrogen) atoms. The fraction of sp³-hybridized carbons (Fsp3) is 1.00. The van der Waals surface area contributed by atoms with Gasteiger partial charge in [-0.05, 0) is 0 Å². The van der Waals surface area contributed by atoms with E-state index in [1.165, 1.54) is 7.11 Å². The van der Waals surface area contributed by atoms with Crippen LogP contribution in [0, 0.1) is 0 Å². The SMILES string of the molecule is COCCNCC(F)(F)CO. The van der Waals surface area contributed by atoms with Crippen molar-refractivity contribution in [2.24, 2.45) is 0 Å². The Morgan fingerprint density at radius 2 is 2.18 bits per heavy atom. The van der Waals surface area contributed by atoms with Gasteiger partial charge in [0.15, 0.2) is 0 Å². The van der Waals surface area contributed by atoms with Gasteiger partial charge in [-0.3, -0.25) is 0 Å². The minimum Gasteiger partial charge on any atom is -0.390 e. The summed E-state index contributed by atoms with van der Waals surface area (Å²) in [5, 5.41) is 10.6. The van der Waals surface area contributed by atoms with Gasteiger partial charge in [0, 0.05) is 13.7 Å². The fourth-order valence-electron chi connectivity index (χ4n) is 0.501. The van der Waals surface area contributed by atoms with E-state index < -0.39 is 19.1 Å². The summed E-state index contributed by atoms with van der Waals surface area (Å²) in [7, 11) is 1.49. The molecule has 0 rings (SSSR count). The van der Waals surface area contributed by atoms with E-state index in [4.69, 9.17) is 5.11 Å². The van der Waals surface area contributed by atoms with Crippen LogP contribution in [0.4, 0.5) is 8.78 Å². The molecular weight excluding hydrogens is 156 g/mol. The second-order valence-electron chi connectivity index (χ2n) is 2.18. The average Bonchev–Trinajstić information content (AvgIpc) is 1.99. The van der Waals surface area contributed by atoms with Crippen molar-refractivity contribution in [1.29, 1.82) is 0 Å². The zero-order valence-corrected chi connectivity index (χ0v) is 6.44. The zero-order chi connectivity index (χ0) is 8.74. The normalized spacial score (nSPS) is 12.0. The standard InChI is InChI=1S/C6H13F2NO2/c1-11-3-2-9-4-6(7,8)5-10/h9-10H,2-5H2,1H3. The molecule has 0 atom stereocenters. The number of alkyl halides is 2. The van der Waals surface area contributed by atoms with Gasteiger partial charge in [0.05, 0.1) is 13.2 Å². The van der Waals surface area contributed by atoms with Crippen molar-refractivity contribution in [1.82, 2.24) is 5.32 Å². The van der Waals surface area contributed by atoms with Gasteiger partial charge in [0.25, 0.3) is 5.92 Å². The van der Waals surface area contributed by atoms with Crippen molar-refractivity contribution < 1.29 is 18.6 Å². The monoisotopic (exact) mass is 169 g/mol. The Morgan fingerprint density at radius 3 is 2.64 bits per heavy atom. The quantitative estimate of drug-likeness (QED) is 0.543. The molecule has 0 saturated carbocycles. The first-order chi connectivity index (χ1) is 5.12. The Bertz CT molecular complexity index is 101. The maximum absolute atomic E-state index is 12.2. The number of aliphatic hydroxyl groups excluding tert-OH is 1. The van der Waals surface area contributed by atoms with Crippen LogP contribution in [0.15, 0.2) is 0 Å². The smallest absolute Gasteiger partial charge is 0.282 e. The number of rotatable bonds is 6. The highest BCUT2D eigenvalue weighted by Gasteiger charge is 2.26. The molecule has 0 aliphatic heterocycles. The minimum absolute atomic E-state index is 0.367. The van der Waals surface area contributed by atoms with Crippen LogP contribution in [-0.4, -0.2) is 44.4 Å². The van der Waals surface area contributed by atoms with E-state index in [1.807, 2.05) is 0 Å². The van der Waals surface area contributed by atoms with Crippen LogP contribution in [0.2, 0.25) is 0 Å². The first kappa shape index (κ1) is 10.7. The lowest BCUT2D eigenvalue weighted by atomic mass is 10.3. The van der Waals surface area contributed by atoms with Crippen LogP contribution < -0.4 is 5.32 Å². The van der Waals surface area contributed by atoms with Crippen LogP contribution in [-0.2, 0) is 4.74 Å². The number of ether oxygens (including phenoxy) is 1. The van der Waals surface area contributed by atoms with Crippen molar-refractivity contribution >= 4 is 0 Å². The molecule has 0 radical (unpaired) electrons. The Balaban J connectivity index is 3.23. The average molecular weight is 169 g/mol. The predicted molar refractivity (Wildman–Crippen MR) is 36.8 cm³/mol. The van der Waals surface area contributed by atoms with Crippen molar-refractivity contribution in [3.8, 4) is 0 Å². The van der Waals surface area contributed by atoms with Gasteiger partial charge in [-0.25, -0.2) is 8.78 Å². The van der Waals surface area contributed by atoms with E-state index in [2.05, 4.69) is 10.1 Å². The van der Waals surface area contributed by atoms with E-state index >= 15 is 0 Å². The van der Waals surface area contributed by atoms with E-state index in [1.54, 1.807) is 0 Å². The van der Waals surface area contributed by atoms with Gasteiger partial charge in [0.1, 0.15) is 6.61 Å². The number of hydrogen-bond acceptors (Lipinski definition) is 3. The third-order valence-electron chi connectivity index (χ3n) is 1.10. The molecule has 0 amide bonds. The molecule has 3 nitrogen and oxygen atoms in total. The van der Waals surface area contributed by atoms with Crippen LogP contribution >= 0.6 is 0 Å². The van der Waals surface area contributed by atoms with Crippen LogP contribution in [0.3, 0.4) is 0 Å². The summed E-state index contributed by atoms with van der Waals surface area (Å²) >= 11 is 0. The summed E-state index contributed by atoms with van der Waals surface area (Å²) in [5.41, 5.74) is 0. The van der Waals surface area contributed by atoms with E-state index in [9.17, 15) is 8.78 Å². The first-order valence-electron chi connectivity index (χ1n) is 3.31. The van der Waals surface area contributed by atoms with Gasteiger partial charge in [-0.2, -0.15) is 0 Å². The molecule has 0 aliphatic rings. The second kappa shape index (κ2) is 5.40. The zero-order valence-electron chi connectivity index (χ0n) is 6.44. The molecule has 0 saturated heterocycles. The largest absolute Gasteiger partial charge is 0.390 e. The van der Waals surface area contributed by atoms with Crippen molar-refractivity contribution in [3.05, 3.63) is 0 Å². The number of halogens is 2. The summed E-state index contributed by atoms with van der Waals surface area (Å²) in [5.74, 6) is -3.02. The Labute approximate surface area is 64.4 Å². The summed E-state index contributed by atoms with van der Waals surface area (Å²) in [6, 6.07) is 0. The fourth-order valence-corrected chi connectivity index (χ4v) is 0.501. The Hall–Kier alpha value is -0.260. The highest BCUT2D eigenvalue weighted by Crippen LogP contribution is 2.09.